The van der Waals surface area contributed by atoms with Gasteiger partial charge in [0.05, 0.1) is 0 Å². The standard InChI is InChI=1S/C11H22ClN/c1-2-13(10-6-9-12)11-7-4-3-5-8-11/h11H,2-10H2,1H3. The lowest BCUT2D eigenvalue weighted by molar-refractivity contribution is 0.164. The summed E-state index contributed by atoms with van der Waals surface area (Å²) in [4.78, 5) is 2.61. The van der Waals surface area contributed by atoms with Gasteiger partial charge in [-0.1, -0.05) is 26.2 Å². The molecule has 13 heavy (non-hydrogen) atoms. The Bertz CT molecular complexity index is 121. The summed E-state index contributed by atoms with van der Waals surface area (Å²) in [5.74, 6) is 0.809. The van der Waals surface area contributed by atoms with E-state index in [1.54, 1.807) is 0 Å². The molecule has 2 heteroatoms. The Morgan fingerprint density at radius 2 is 1.92 bits per heavy atom. The highest BCUT2D eigenvalue weighted by atomic mass is 35.5. The van der Waals surface area contributed by atoms with Crippen LogP contribution in [0.3, 0.4) is 0 Å². The van der Waals surface area contributed by atoms with Crippen LogP contribution in [0.5, 0.6) is 0 Å². The molecule has 0 saturated heterocycles. The molecule has 0 aromatic rings. The van der Waals surface area contributed by atoms with Crippen molar-refractivity contribution in [2.45, 2.75) is 51.5 Å². The highest BCUT2D eigenvalue weighted by Gasteiger charge is 2.18. The van der Waals surface area contributed by atoms with Crippen molar-refractivity contribution in [1.82, 2.24) is 4.90 Å². The van der Waals surface area contributed by atoms with Crippen LogP contribution in [0.25, 0.3) is 0 Å². The maximum atomic E-state index is 5.71. The molecule has 1 nitrogen and oxygen atoms in total. The van der Waals surface area contributed by atoms with Gasteiger partial charge in [-0.3, -0.25) is 0 Å². The number of hydrogen-bond donors (Lipinski definition) is 0. The molecule has 0 aliphatic heterocycles. The van der Waals surface area contributed by atoms with Crippen LogP contribution in [-0.4, -0.2) is 29.9 Å². The van der Waals surface area contributed by atoms with Crippen molar-refractivity contribution >= 4 is 11.6 Å². The third kappa shape index (κ3) is 3.86. The second-order valence-electron chi connectivity index (χ2n) is 3.96. The van der Waals surface area contributed by atoms with Crippen molar-refractivity contribution in [2.75, 3.05) is 19.0 Å². The van der Waals surface area contributed by atoms with Gasteiger partial charge in [0.15, 0.2) is 0 Å². The summed E-state index contributed by atoms with van der Waals surface area (Å²) >= 11 is 5.71. The van der Waals surface area contributed by atoms with Gasteiger partial charge in [-0.05, 0) is 32.4 Å². The summed E-state index contributed by atoms with van der Waals surface area (Å²) in [6, 6.07) is 0.863. The lowest BCUT2D eigenvalue weighted by Gasteiger charge is -2.33. The molecule has 0 heterocycles. The normalized spacial score (nSPS) is 19.6. The Balaban J connectivity index is 2.26. The topological polar surface area (TPSA) is 3.24 Å². The molecule has 1 rings (SSSR count). The molecule has 1 fully saturated rings. The summed E-state index contributed by atoms with van der Waals surface area (Å²) in [7, 11) is 0. The Labute approximate surface area is 87.4 Å². The lowest BCUT2D eigenvalue weighted by Crippen LogP contribution is -2.37. The van der Waals surface area contributed by atoms with Crippen molar-refractivity contribution in [1.29, 1.82) is 0 Å². The van der Waals surface area contributed by atoms with Crippen LogP contribution >= 0.6 is 11.6 Å². The first-order valence-electron chi connectivity index (χ1n) is 5.68. The van der Waals surface area contributed by atoms with E-state index >= 15 is 0 Å². The lowest BCUT2D eigenvalue weighted by atomic mass is 9.94. The average Bonchev–Trinajstić information content (AvgIpc) is 2.21. The molecule has 78 valence electrons. The second-order valence-corrected chi connectivity index (χ2v) is 4.34. The van der Waals surface area contributed by atoms with Gasteiger partial charge in [0.1, 0.15) is 0 Å². The molecule has 0 unspecified atom stereocenters. The van der Waals surface area contributed by atoms with Crippen molar-refractivity contribution in [3.63, 3.8) is 0 Å². The quantitative estimate of drug-likeness (QED) is 0.620. The summed E-state index contributed by atoms with van der Waals surface area (Å²) in [5.41, 5.74) is 0. The first kappa shape index (κ1) is 11.3. The predicted molar refractivity (Wildman–Crippen MR) is 59.5 cm³/mol. The van der Waals surface area contributed by atoms with E-state index in [2.05, 4.69) is 11.8 Å². The molecule has 0 spiro atoms. The van der Waals surface area contributed by atoms with Crippen LogP contribution in [0.4, 0.5) is 0 Å². The van der Waals surface area contributed by atoms with Crippen LogP contribution in [0.1, 0.15) is 45.4 Å². The molecule has 0 aromatic carbocycles. The maximum absolute atomic E-state index is 5.71. The minimum Gasteiger partial charge on any atom is -0.301 e. The Morgan fingerprint density at radius 1 is 1.23 bits per heavy atom. The fraction of sp³-hybridized carbons (Fsp3) is 1.00. The number of alkyl halides is 1. The summed E-state index contributed by atoms with van der Waals surface area (Å²) in [5, 5.41) is 0. The highest BCUT2D eigenvalue weighted by molar-refractivity contribution is 6.17. The first-order valence-corrected chi connectivity index (χ1v) is 6.22. The molecule has 0 aromatic heterocycles. The van der Waals surface area contributed by atoms with Gasteiger partial charge in [-0.2, -0.15) is 0 Å². The minimum atomic E-state index is 0.809. The van der Waals surface area contributed by atoms with E-state index < -0.39 is 0 Å². The molecule has 0 bridgehead atoms. The third-order valence-corrected chi connectivity index (χ3v) is 3.34. The van der Waals surface area contributed by atoms with Crippen LogP contribution in [0.2, 0.25) is 0 Å². The Hall–Kier alpha value is 0.250. The SMILES string of the molecule is CCN(CCCCl)C1CCCCC1. The Morgan fingerprint density at radius 3 is 2.46 bits per heavy atom. The van der Waals surface area contributed by atoms with Gasteiger partial charge in [0.25, 0.3) is 0 Å². The number of halogens is 1. The molecule has 0 N–H and O–H groups in total. The van der Waals surface area contributed by atoms with E-state index in [0.29, 0.717) is 0 Å². The van der Waals surface area contributed by atoms with Crippen LogP contribution in [0.15, 0.2) is 0 Å². The van der Waals surface area contributed by atoms with E-state index in [4.69, 9.17) is 11.6 Å². The zero-order valence-corrected chi connectivity index (χ0v) is 9.52. The Kier molecular flexibility index (Phi) is 5.81. The molecular formula is C11H22ClN. The van der Waals surface area contributed by atoms with E-state index in [9.17, 15) is 0 Å². The number of hydrogen-bond acceptors (Lipinski definition) is 1. The van der Waals surface area contributed by atoms with Crippen LogP contribution < -0.4 is 0 Å². The molecule has 0 atom stereocenters. The van der Waals surface area contributed by atoms with Crippen LogP contribution in [0, 0.1) is 0 Å². The third-order valence-electron chi connectivity index (χ3n) is 3.08. The molecule has 1 saturated carbocycles. The van der Waals surface area contributed by atoms with Crippen molar-refractivity contribution in [2.24, 2.45) is 0 Å². The van der Waals surface area contributed by atoms with Crippen molar-refractivity contribution < 1.29 is 0 Å². The fourth-order valence-electron chi connectivity index (χ4n) is 2.31. The average molecular weight is 204 g/mol. The van der Waals surface area contributed by atoms with Gasteiger partial charge < -0.3 is 4.90 Å². The van der Waals surface area contributed by atoms with Gasteiger partial charge in [0.2, 0.25) is 0 Å². The maximum Gasteiger partial charge on any atom is 0.0235 e. The van der Waals surface area contributed by atoms with E-state index in [0.717, 1.165) is 18.3 Å². The molecule has 1 aliphatic rings. The van der Waals surface area contributed by atoms with Crippen molar-refractivity contribution in [3.8, 4) is 0 Å². The fourth-order valence-corrected chi connectivity index (χ4v) is 2.43. The summed E-state index contributed by atoms with van der Waals surface area (Å²) in [6.07, 6.45) is 8.28. The van der Waals surface area contributed by atoms with Gasteiger partial charge in [0, 0.05) is 11.9 Å². The van der Waals surface area contributed by atoms with Gasteiger partial charge in [-0.25, -0.2) is 0 Å². The van der Waals surface area contributed by atoms with E-state index in [-0.39, 0.29) is 0 Å². The molecule has 0 radical (unpaired) electrons. The summed E-state index contributed by atoms with van der Waals surface area (Å²) in [6.45, 7) is 4.66. The van der Waals surface area contributed by atoms with Gasteiger partial charge in [-0.15, -0.1) is 11.6 Å². The minimum absolute atomic E-state index is 0.809. The first-order chi connectivity index (χ1) is 6.38. The number of rotatable bonds is 5. The van der Waals surface area contributed by atoms with E-state index in [1.165, 1.54) is 45.2 Å². The zero-order chi connectivity index (χ0) is 9.52. The zero-order valence-electron chi connectivity index (χ0n) is 8.77. The van der Waals surface area contributed by atoms with Crippen LogP contribution in [-0.2, 0) is 0 Å². The second kappa shape index (κ2) is 6.67. The number of nitrogens with zero attached hydrogens (tertiary/aromatic N) is 1. The monoisotopic (exact) mass is 203 g/mol. The highest BCUT2D eigenvalue weighted by Crippen LogP contribution is 2.22. The molecule has 1 aliphatic carbocycles. The summed E-state index contributed by atoms with van der Waals surface area (Å²) < 4.78 is 0. The van der Waals surface area contributed by atoms with Gasteiger partial charge >= 0.3 is 0 Å². The smallest absolute Gasteiger partial charge is 0.0235 e. The largest absolute Gasteiger partial charge is 0.301 e. The molecule has 0 amide bonds. The van der Waals surface area contributed by atoms with Crippen molar-refractivity contribution in [3.05, 3.63) is 0 Å². The predicted octanol–water partition coefficient (Wildman–Crippen LogP) is 3.27. The molecular weight excluding hydrogens is 182 g/mol. The van der Waals surface area contributed by atoms with E-state index in [1.807, 2.05) is 0 Å².